The molecule has 2 aromatic rings. The molecule has 0 aliphatic heterocycles. The highest BCUT2D eigenvalue weighted by atomic mass is 16.6. The van der Waals surface area contributed by atoms with Gasteiger partial charge in [-0.3, -0.25) is 30.3 Å². The fraction of sp³-hybridized carbons (Fsp3) is 0. The van der Waals surface area contributed by atoms with E-state index in [1.807, 2.05) is 0 Å². The Hall–Kier alpha value is -3.84. The quantitative estimate of drug-likeness (QED) is 0.538. The van der Waals surface area contributed by atoms with Crippen molar-refractivity contribution in [2.75, 3.05) is 5.73 Å². The SMILES string of the molecule is Nc1c[nH+][nH]n1.O=[N+]([O-])c1cc([N+](=O)[O-])c([O-])c([N+](=O)[O-])c1. The van der Waals surface area contributed by atoms with Gasteiger partial charge < -0.3 is 10.8 Å². The fourth-order valence-corrected chi connectivity index (χ4v) is 1.20. The van der Waals surface area contributed by atoms with Crippen LogP contribution in [0.3, 0.4) is 0 Å². The summed E-state index contributed by atoms with van der Waals surface area (Å²) in [4.78, 5) is 27.5. The van der Waals surface area contributed by atoms with Gasteiger partial charge in [-0.15, -0.1) is 0 Å². The zero-order valence-corrected chi connectivity index (χ0v) is 10.5. The van der Waals surface area contributed by atoms with E-state index < -0.39 is 37.6 Å². The average Bonchev–Trinajstić information content (AvgIpc) is 2.89. The molecule has 0 atom stereocenters. The van der Waals surface area contributed by atoms with Gasteiger partial charge in [0, 0.05) is 0 Å². The van der Waals surface area contributed by atoms with Crippen LogP contribution in [0.4, 0.5) is 22.9 Å². The summed E-state index contributed by atoms with van der Waals surface area (Å²) >= 11 is 0. The van der Waals surface area contributed by atoms with Gasteiger partial charge in [0.1, 0.15) is 0 Å². The van der Waals surface area contributed by atoms with Crippen molar-refractivity contribution in [3.63, 3.8) is 0 Å². The molecule has 22 heavy (non-hydrogen) atoms. The molecule has 0 spiro atoms. The number of nitrogens with two attached hydrogens (primary N) is 1. The number of benzene rings is 1. The van der Waals surface area contributed by atoms with Crippen molar-refractivity contribution >= 4 is 22.9 Å². The number of H-pyrrole nitrogens is 2. The molecule has 0 amide bonds. The van der Waals surface area contributed by atoms with E-state index >= 15 is 0 Å². The molecule has 0 bridgehead atoms. The van der Waals surface area contributed by atoms with Crippen molar-refractivity contribution in [3.8, 4) is 5.75 Å². The normalized spacial score (nSPS) is 9.45. The molecule has 0 fully saturated rings. The van der Waals surface area contributed by atoms with Gasteiger partial charge in [0.15, 0.2) is 6.20 Å². The Morgan fingerprint density at radius 1 is 1.05 bits per heavy atom. The Morgan fingerprint density at radius 2 is 1.55 bits per heavy atom. The highest BCUT2D eigenvalue weighted by molar-refractivity contribution is 5.63. The molecule has 1 heterocycles. The predicted octanol–water partition coefficient (Wildman–Crippen LogP) is -0.709. The second-order valence-corrected chi connectivity index (χ2v) is 3.52. The molecule has 0 saturated carbocycles. The van der Waals surface area contributed by atoms with Gasteiger partial charge in [-0.1, -0.05) is 5.21 Å². The summed E-state index contributed by atoms with van der Waals surface area (Å²) in [6, 6.07) is 0.769. The maximum atomic E-state index is 11.1. The van der Waals surface area contributed by atoms with Gasteiger partial charge in [-0.05, 0) is 0 Å². The van der Waals surface area contributed by atoms with Crippen molar-refractivity contribution in [1.82, 2.24) is 10.3 Å². The third-order valence-corrected chi connectivity index (χ3v) is 2.11. The van der Waals surface area contributed by atoms with E-state index in [1.54, 1.807) is 6.20 Å². The average molecular weight is 313 g/mol. The van der Waals surface area contributed by atoms with Crippen molar-refractivity contribution in [2.45, 2.75) is 0 Å². The summed E-state index contributed by atoms with van der Waals surface area (Å²) in [5.41, 5.74) is 1.84. The third-order valence-electron chi connectivity index (χ3n) is 2.11. The lowest BCUT2D eigenvalue weighted by molar-refractivity contribution is -0.454. The second-order valence-electron chi connectivity index (χ2n) is 3.52. The van der Waals surface area contributed by atoms with Gasteiger partial charge in [-0.25, -0.2) is 0 Å². The van der Waals surface area contributed by atoms with E-state index in [4.69, 9.17) is 5.73 Å². The molecule has 1 aromatic heterocycles. The first-order chi connectivity index (χ1) is 10.2. The lowest BCUT2D eigenvalue weighted by atomic mass is 10.2. The van der Waals surface area contributed by atoms with Crippen LogP contribution in [-0.4, -0.2) is 25.1 Å². The Balaban J connectivity index is 0.000000335. The van der Waals surface area contributed by atoms with E-state index in [-0.39, 0.29) is 0 Å². The molecule has 0 unspecified atom stereocenters. The number of hydrogen-bond donors (Lipinski definition) is 2. The summed E-state index contributed by atoms with van der Waals surface area (Å²) in [5.74, 6) is -0.976. The Labute approximate surface area is 119 Å². The van der Waals surface area contributed by atoms with Crippen LogP contribution in [0.1, 0.15) is 0 Å². The molecule has 14 nitrogen and oxygen atoms in total. The summed E-state index contributed by atoms with van der Waals surface area (Å²) in [5, 5.41) is 50.6. The van der Waals surface area contributed by atoms with Gasteiger partial charge in [0.25, 0.3) is 17.1 Å². The molecule has 14 heteroatoms. The highest BCUT2D eigenvalue weighted by Crippen LogP contribution is 2.36. The number of hydrogen-bond acceptors (Lipinski definition) is 9. The highest BCUT2D eigenvalue weighted by Gasteiger charge is 2.24. The lowest BCUT2D eigenvalue weighted by Crippen LogP contribution is -2.04. The summed E-state index contributed by atoms with van der Waals surface area (Å²) < 4.78 is 0. The first-order valence-electron chi connectivity index (χ1n) is 5.19. The van der Waals surface area contributed by atoms with Crippen LogP contribution < -0.4 is 15.9 Å². The van der Waals surface area contributed by atoms with Crippen molar-refractivity contribution in [1.29, 1.82) is 0 Å². The van der Waals surface area contributed by atoms with Gasteiger partial charge in [-0.2, -0.15) is 5.10 Å². The molecule has 2 rings (SSSR count). The van der Waals surface area contributed by atoms with Crippen LogP contribution in [0.25, 0.3) is 0 Å². The number of aromatic amines is 2. The minimum atomic E-state index is -1.46. The number of non-ortho nitro benzene ring substituents is 1. The zero-order valence-electron chi connectivity index (χ0n) is 10.5. The molecule has 1 aromatic carbocycles. The number of rotatable bonds is 3. The second kappa shape index (κ2) is 6.55. The number of nitrogens with zero attached hydrogens (tertiary/aromatic N) is 4. The molecule has 116 valence electrons. The van der Waals surface area contributed by atoms with Crippen molar-refractivity contribution in [2.24, 2.45) is 0 Å². The lowest BCUT2D eigenvalue weighted by Gasteiger charge is -2.06. The zero-order chi connectivity index (χ0) is 16.9. The maximum absolute atomic E-state index is 11.1. The van der Waals surface area contributed by atoms with E-state index in [1.165, 1.54) is 0 Å². The van der Waals surface area contributed by atoms with Crippen LogP contribution in [0.5, 0.6) is 5.75 Å². The number of nitro groups is 3. The van der Waals surface area contributed by atoms with Crippen LogP contribution >= 0.6 is 0 Å². The van der Waals surface area contributed by atoms with Crippen LogP contribution in [-0.2, 0) is 0 Å². The Bertz CT molecular complexity index is 679. The van der Waals surface area contributed by atoms with Crippen LogP contribution in [0.15, 0.2) is 18.3 Å². The van der Waals surface area contributed by atoms with Gasteiger partial charge >= 0.3 is 5.82 Å². The summed E-state index contributed by atoms with van der Waals surface area (Å²) in [6.45, 7) is 0. The largest absolute Gasteiger partial charge is 0.863 e. The predicted molar refractivity (Wildman–Crippen MR) is 65.4 cm³/mol. The monoisotopic (exact) mass is 313 g/mol. The molecule has 0 aliphatic rings. The van der Waals surface area contributed by atoms with E-state index in [0.29, 0.717) is 18.0 Å². The smallest absolute Gasteiger partial charge is 0.304 e. The van der Waals surface area contributed by atoms with Crippen LogP contribution in [0, 0.1) is 30.3 Å². The summed E-state index contributed by atoms with van der Waals surface area (Å²) in [7, 11) is 0. The molecule has 0 saturated heterocycles. The van der Waals surface area contributed by atoms with E-state index in [2.05, 4.69) is 15.4 Å². The first-order valence-corrected chi connectivity index (χ1v) is 5.19. The van der Waals surface area contributed by atoms with Crippen molar-refractivity contribution in [3.05, 3.63) is 48.7 Å². The van der Waals surface area contributed by atoms with Crippen LogP contribution in [0.2, 0.25) is 0 Å². The molecule has 4 N–H and O–H groups in total. The molecule has 0 aliphatic carbocycles. The standard InChI is InChI=1S/C6H3N3O7.C2H4N4/c10-6-4(8(13)14)1-3(7(11)12)2-5(6)9(15)16;3-2-1-4-6-5-2/h1-2,10H;1H,(H3,3,4,5,6). The number of nitrogen functional groups attached to an aromatic ring is 1. The number of nitro benzene ring substituents is 3. The minimum absolute atomic E-state index is 0.384. The van der Waals surface area contributed by atoms with E-state index in [9.17, 15) is 35.4 Å². The molecular formula is C8H7N7O7. The maximum Gasteiger partial charge on any atom is 0.304 e. The number of aromatic nitrogens is 3. The van der Waals surface area contributed by atoms with Crippen molar-refractivity contribution < 1.29 is 25.0 Å². The van der Waals surface area contributed by atoms with E-state index in [0.717, 1.165) is 0 Å². The number of anilines is 1. The summed E-state index contributed by atoms with van der Waals surface area (Å²) in [6.07, 6.45) is 1.57. The Morgan fingerprint density at radius 3 is 1.77 bits per heavy atom. The van der Waals surface area contributed by atoms with Gasteiger partial charge in [0.2, 0.25) is 0 Å². The number of nitrogens with one attached hydrogen (secondary N) is 2. The fourth-order valence-electron chi connectivity index (χ4n) is 1.20. The topological polar surface area (TPSA) is 221 Å². The van der Waals surface area contributed by atoms with Gasteiger partial charge in [0.05, 0.1) is 37.8 Å². The molecular weight excluding hydrogens is 306 g/mol. The Kier molecular flexibility index (Phi) is 4.83. The molecule has 0 radical (unpaired) electrons. The minimum Gasteiger partial charge on any atom is -0.863 e. The first kappa shape index (κ1) is 16.2. The third kappa shape index (κ3) is 3.83.